The third kappa shape index (κ3) is 5.42. The van der Waals surface area contributed by atoms with Crippen molar-refractivity contribution in [1.29, 1.82) is 0 Å². The second-order valence-electron chi connectivity index (χ2n) is 5.06. The third-order valence-electron chi connectivity index (χ3n) is 2.61. The molecule has 0 aliphatic carbocycles. The van der Waals surface area contributed by atoms with Crippen molar-refractivity contribution in [3.8, 4) is 0 Å². The van der Waals surface area contributed by atoms with Crippen LogP contribution in [-0.4, -0.2) is 23.3 Å². The second kappa shape index (κ2) is 6.78. The molecule has 0 radical (unpaired) electrons. The van der Waals surface area contributed by atoms with E-state index in [0.29, 0.717) is 18.7 Å². The number of nitrogens with two attached hydrogens (primary N) is 2. The second-order valence-corrected chi connectivity index (χ2v) is 5.06. The summed E-state index contributed by atoms with van der Waals surface area (Å²) in [5, 5.41) is 0. The molecule has 0 bridgehead atoms. The van der Waals surface area contributed by atoms with Gasteiger partial charge in [0.05, 0.1) is 6.54 Å². The summed E-state index contributed by atoms with van der Waals surface area (Å²) in [6, 6.07) is 7.25. The average molecular weight is 263 g/mol. The lowest BCUT2D eigenvalue weighted by atomic mass is 10.1. The van der Waals surface area contributed by atoms with Crippen molar-refractivity contribution in [3.63, 3.8) is 0 Å². The van der Waals surface area contributed by atoms with Crippen LogP contribution >= 0.6 is 0 Å². The monoisotopic (exact) mass is 263 g/mol. The first-order chi connectivity index (χ1) is 8.88. The van der Waals surface area contributed by atoms with E-state index in [9.17, 15) is 9.59 Å². The maximum absolute atomic E-state index is 12.1. The Hall–Kier alpha value is -2.04. The quantitative estimate of drug-likeness (QED) is 0.754. The minimum Gasteiger partial charge on any atom is -0.399 e. The summed E-state index contributed by atoms with van der Waals surface area (Å²) in [7, 11) is 0. The van der Waals surface area contributed by atoms with Crippen LogP contribution in [0.1, 0.15) is 25.8 Å². The van der Waals surface area contributed by atoms with Crippen molar-refractivity contribution in [2.75, 3.05) is 12.3 Å². The first kappa shape index (κ1) is 15.0. The molecular formula is C14H21N3O2. The lowest BCUT2D eigenvalue weighted by Crippen LogP contribution is -2.38. The van der Waals surface area contributed by atoms with Gasteiger partial charge in [0.25, 0.3) is 0 Å². The number of nitrogen functional groups attached to an aromatic ring is 1. The third-order valence-corrected chi connectivity index (χ3v) is 2.61. The van der Waals surface area contributed by atoms with Gasteiger partial charge in [0, 0.05) is 18.7 Å². The molecule has 0 aliphatic rings. The van der Waals surface area contributed by atoms with Crippen molar-refractivity contribution >= 4 is 17.5 Å². The summed E-state index contributed by atoms with van der Waals surface area (Å²) in [5.74, 6) is -0.346. The molecule has 0 spiro atoms. The number of nitrogens with zero attached hydrogens (tertiary/aromatic N) is 1. The molecule has 19 heavy (non-hydrogen) atoms. The van der Waals surface area contributed by atoms with Crippen LogP contribution < -0.4 is 11.5 Å². The van der Waals surface area contributed by atoms with Crippen molar-refractivity contribution in [2.24, 2.45) is 11.7 Å². The summed E-state index contributed by atoms with van der Waals surface area (Å²) >= 11 is 0. The molecule has 5 heteroatoms. The van der Waals surface area contributed by atoms with Crippen molar-refractivity contribution in [2.45, 2.75) is 26.8 Å². The number of benzene rings is 1. The van der Waals surface area contributed by atoms with Crippen LogP contribution in [0.3, 0.4) is 0 Å². The van der Waals surface area contributed by atoms with Gasteiger partial charge < -0.3 is 16.4 Å². The van der Waals surface area contributed by atoms with Gasteiger partial charge >= 0.3 is 0 Å². The normalized spacial score (nSPS) is 10.5. The largest absolute Gasteiger partial charge is 0.399 e. The minimum absolute atomic E-state index is 0.0691. The summed E-state index contributed by atoms with van der Waals surface area (Å²) in [4.78, 5) is 24.6. The number of hydrogen-bond donors (Lipinski definition) is 2. The fourth-order valence-electron chi connectivity index (χ4n) is 1.81. The van der Waals surface area contributed by atoms with Gasteiger partial charge in [-0.05, 0) is 23.6 Å². The minimum atomic E-state index is -0.513. The molecule has 5 nitrogen and oxygen atoms in total. The highest BCUT2D eigenvalue weighted by Crippen LogP contribution is 2.12. The highest BCUT2D eigenvalue weighted by atomic mass is 16.2. The Balaban J connectivity index is 2.79. The molecule has 1 rings (SSSR count). The lowest BCUT2D eigenvalue weighted by molar-refractivity contribution is -0.136. The van der Waals surface area contributed by atoms with Gasteiger partial charge in [0.1, 0.15) is 0 Å². The Morgan fingerprint density at radius 3 is 2.53 bits per heavy atom. The number of rotatable bonds is 6. The van der Waals surface area contributed by atoms with Gasteiger partial charge in [-0.2, -0.15) is 0 Å². The van der Waals surface area contributed by atoms with E-state index >= 15 is 0 Å². The van der Waals surface area contributed by atoms with Gasteiger partial charge in [0.15, 0.2) is 0 Å². The zero-order valence-electron chi connectivity index (χ0n) is 11.4. The molecule has 0 heterocycles. The van der Waals surface area contributed by atoms with Gasteiger partial charge in [-0.15, -0.1) is 0 Å². The number of primary amides is 1. The summed E-state index contributed by atoms with van der Waals surface area (Å²) in [6.45, 7) is 4.20. The van der Waals surface area contributed by atoms with Gasteiger partial charge in [-0.3, -0.25) is 9.59 Å². The maximum Gasteiger partial charge on any atom is 0.237 e. The molecule has 0 fully saturated rings. The molecule has 0 aromatic heterocycles. The molecule has 0 atom stereocenters. The Kier molecular flexibility index (Phi) is 5.36. The SMILES string of the molecule is CC(C)CC(=O)N(CC(N)=O)Cc1cccc(N)c1. The van der Waals surface area contributed by atoms with Crippen LogP contribution in [-0.2, 0) is 16.1 Å². The number of anilines is 1. The molecule has 4 N–H and O–H groups in total. The van der Waals surface area contributed by atoms with Crippen molar-refractivity contribution in [1.82, 2.24) is 4.90 Å². The lowest BCUT2D eigenvalue weighted by Gasteiger charge is -2.22. The summed E-state index contributed by atoms with van der Waals surface area (Å²) in [5.41, 5.74) is 12.4. The van der Waals surface area contributed by atoms with Crippen LogP contribution in [0.4, 0.5) is 5.69 Å². The number of hydrogen-bond acceptors (Lipinski definition) is 3. The number of carbonyl (C=O) groups excluding carboxylic acids is 2. The van der Waals surface area contributed by atoms with Crippen molar-refractivity contribution in [3.05, 3.63) is 29.8 Å². The van der Waals surface area contributed by atoms with E-state index in [1.807, 2.05) is 26.0 Å². The standard InChI is InChI=1S/C14H21N3O2/c1-10(2)6-14(19)17(9-13(16)18)8-11-4-3-5-12(15)7-11/h3-5,7,10H,6,8-9,15H2,1-2H3,(H2,16,18). The van der Waals surface area contributed by atoms with Crippen LogP contribution in [0.2, 0.25) is 0 Å². The van der Waals surface area contributed by atoms with E-state index in [4.69, 9.17) is 11.5 Å². The van der Waals surface area contributed by atoms with Gasteiger partial charge in [-0.1, -0.05) is 26.0 Å². The topological polar surface area (TPSA) is 89.4 Å². The molecule has 0 saturated carbocycles. The molecule has 0 saturated heterocycles. The Bertz CT molecular complexity index is 458. The average Bonchev–Trinajstić information content (AvgIpc) is 2.26. The predicted octanol–water partition coefficient (Wildman–Crippen LogP) is 1.13. The van der Waals surface area contributed by atoms with E-state index in [2.05, 4.69) is 0 Å². The Morgan fingerprint density at radius 1 is 1.32 bits per heavy atom. The first-order valence-corrected chi connectivity index (χ1v) is 6.29. The summed E-state index contributed by atoms with van der Waals surface area (Å²) in [6.07, 6.45) is 0.398. The molecular weight excluding hydrogens is 242 g/mol. The first-order valence-electron chi connectivity index (χ1n) is 6.29. The molecule has 0 aliphatic heterocycles. The highest BCUT2D eigenvalue weighted by molar-refractivity contribution is 5.83. The van der Waals surface area contributed by atoms with Crippen LogP contribution in [0.15, 0.2) is 24.3 Å². The smallest absolute Gasteiger partial charge is 0.237 e. The molecule has 0 unspecified atom stereocenters. The fraction of sp³-hybridized carbons (Fsp3) is 0.429. The molecule has 1 aromatic rings. The van der Waals surface area contributed by atoms with Crippen molar-refractivity contribution < 1.29 is 9.59 Å². The van der Waals surface area contributed by atoms with E-state index in [0.717, 1.165) is 5.56 Å². The van der Waals surface area contributed by atoms with Gasteiger partial charge in [0.2, 0.25) is 11.8 Å². The number of amides is 2. The molecule has 2 amide bonds. The summed E-state index contributed by atoms with van der Waals surface area (Å²) < 4.78 is 0. The van der Waals surface area contributed by atoms with E-state index in [-0.39, 0.29) is 18.4 Å². The highest BCUT2D eigenvalue weighted by Gasteiger charge is 2.17. The van der Waals surface area contributed by atoms with Crippen LogP contribution in [0, 0.1) is 5.92 Å². The van der Waals surface area contributed by atoms with E-state index in [1.54, 1.807) is 12.1 Å². The zero-order valence-corrected chi connectivity index (χ0v) is 11.4. The maximum atomic E-state index is 12.1. The van der Waals surface area contributed by atoms with Gasteiger partial charge in [-0.25, -0.2) is 0 Å². The van der Waals surface area contributed by atoms with E-state index in [1.165, 1.54) is 4.90 Å². The van der Waals surface area contributed by atoms with E-state index < -0.39 is 5.91 Å². The number of carbonyl (C=O) groups is 2. The zero-order chi connectivity index (χ0) is 14.4. The predicted molar refractivity (Wildman–Crippen MR) is 74.9 cm³/mol. The van der Waals surface area contributed by atoms with Crippen LogP contribution in [0.25, 0.3) is 0 Å². The Labute approximate surface area is 113 Å². The molecule has 1 aromatic carbocycles. The van der Waals surface area contributed by atoms with Crippen LogP contribution in [0.5, 0.6) is 0 Å². The Morgan fingerprint density at radius 2 is 2.00 bits per heavy atom. The fourth-order valence-corrected chi connectivity index (χ4v) is 1.81. The molecule has 104 valence electrons.